The van der Waals surface area contributed by atoms with Gasteiger partial charge in [0.05, 0.1) is 0 Å². The lowest BCUT2D eigenvalue weighted by Crippen LogP contribution is -2.33. The molecule has 0 aliphatic carbocycles. The number of rotatable bonds is 2. The van der Waals surface area contributed by atoms with Crippen molar-refractivity contribution in [3.05, 3.63) is 18.2 Å². The summed E-state index contributed by atoms with van der Waals surface area (Å²) in [5, 5.41) is 10.5. The van der Waals surface area contributed by atoms with E-state index >= 15 is 0 Å². The molecule has 80 valence electrons. The van der Waals surface area contributed by atoms with Crippen LogP contribution < -0.4 is 14.6 Å². The zero-order valence-corrected chi connectivity index (χ0v) is 8.74. The van der Waals surface area contributed by atoms with Gasteiger partial charge in [-0.25, -0.2) is 0 Å². The highest BCUT2D eigenvalue weighted by Gasteiger charge is 2.14. The van der Waals surface area contributed by atoms with Gasteiger partial charge in [-0.05, 0) is 30.1 Å². The molecule has 15 heavy (non-hydrogen) atoms. The predicted molar refractivity (Wildman–Crippen MR) is 51.6 cm³/mol. The molecule has 0 fully saturated rings. The molecule has 1 heterocycles. The number of hydrogen-bond acceptors (Lipinski definition) is 5. The lowest BCUT2D eigenvalue weighted by molar-refractivity contribution is -0.257. The molecule has 6 heteroatoms. The van der Waals surface area contributed by atoms with E-state index in [1.54, 1.807) is 18.2 Å². The summed E-state index contributed by atoms with van der Waals surface area (Å²) in [5.41, 5.74) is 0. The third kappa shape index (κ3) is 2.10. The fourth-order valence-electron chi connectivity index (χ4n) is 1.13. The fraction of sp³-hybridized carbons (Fsp3) is 0.222. The van der Waals surface area contributed by atoms with Gasteiger partial charge in [0.15, 0.2) is 11.5 Å². The molecular weight excluding hydrogens is 218 g/mol. The van der Waals surface area contributed by atoms with Gasteiger partial charge in [-0.3, -0.25) is 0 Å². The van der Waals surface area contributed by atoms with E-state index < -0.39 is 6.09 Å². The van der Waals surface area contributed by atoms with Crippen LogP contribution in [0.3, 0.4) is 0 Å². The zero-order chi connectivity index (χ0) is 10.8. The molecule has 0 atom stereocenters. The summed E-state index contributed by atoms with van der Waals surface area (Å²) in [6, 6.07) is 5.23. The highest BCUT2D eigenvalue weighted by atomic mass is 32.2. The maximum absolute atomic E-state index is 10.5. The molecule has 0 saturated heterocycles. The van der Waals surface area contributed by atoms with Gasteiger partial charge in [0.2, 0.25) is 6.79 Å². The van der Waals surface area contributed by atoms with E-state index in [0.717, 1.165) is 21.1 Å². The summed E-state index contributed by atoms with van der Waals surface area (Å²) in [7, 11) is 1.42. The van der Waals surface area contributed by atoms with E-state index in [1.165, 1.54) is 7.05 Å². The molecule has 1 aromatic rings. The molecule has 1 aliphatic rings. The molecule has 5 nitrogen and oxygen atoms in total. The summed E-state index contributed by atoms with van der Waals surface area (Å²) in [5.74, 6) is 1.31. The highest BCUT2D eigenvalue weighted by molar-refractivity contribution is 7.97. The number of ether oxygens (including phenoxy) is 2. The first kappa shape index (κ1) is 9.97. The first-order chi connectivity index (χ1) is 7.16. The van der Waals surface area contributed by atoms with Crippen molar-refractivity contribution in [1.29, 1.82) is 0 Å². The van der Waals surface area contributed by atoms with E-state index in [1.807, 2.05) is 0 Å². The van der Waals surface area contributed by atoms with Crippen molar-refractivity contribution in [2.24, 2.45) is 0 Å². The van der Waals surface area contributed by atoms with Crippen molar-refractivity contribution in [2.45, 2.75) is 4.90 Å². The number of carbonyl (C=O) groups is 1. The Morgan fingerprint density at radius 3 is 2.93 bits per heavy atom. The van der Waals surface area contributed by atoms with Crippen LogP contribution in [0, 0.1) is 0 Å². The van der Waals surface area contributed by atoms with Crippen molar-refractivity contribution in [3.63, 3.8) is 0 Å². The normalized spacial score (nSPS) is 12.6. The third-order valence-electron chi connectivity index (χ3n) is 1.84. The Morgan fingerprint density at radius 2 is 2.20 bits per heavy atom. The van der Waals surface area contributed by atoms with Crippen molar-refractivity contribution < 1.29 is 19.4 Å². The first-order valence-corrected chi connectivity index (χ1v) is 4.96. The summed E-state index contributed by atoms with van der Waals surface area (Å²) in [4.78, 5) is 11.2. The minimum Gasteiger partial charge on any atom is -0.529 e. The lowest BCUT2D eigenvalue weighted by atomic mass is 10.3. The smallest absolute Gasteiger partial charge is 0.231 e. The number of carboxylic acid groups (broad SMARTS) is 1. The second kappa shape index (κ2) is 3.90. The first-order valence-electron chi connectivity index (χ1n) is 4.19. The molecule has 0 aromatic heterocycles. The quantitative estimate of drug-likeness (QED) is 0.694. The molecule has 0 radical (unpaired) electrons. The van der Waals surface area contributed by atoms with Crippen LogP contribution in [0.15, 0.2) is 23.1 Å². The Balaban J connectivity index is 2.13. The summed E-state index contributed by atoms with van der Waals surface area (Å²) < 4.78 is 11.3. The van der Waals surface area contributed by atoms with E-state index in [2.05, 4.69) is 0 Å². The highest BCUT2D eigenvalue weighted by Crippen LogP contribution is 2.35. The van der Waals surface area contributed by atoms with Crippen LogP contribution in [-0.4, -0.2) is 24.2 Å². The number of amides is 1. The molecule has 0 bridgehead atoms. The van der Waals surface area contributed by atoms with Gasteiger partial charge in [0, 0.05) is 11.9 Å². The SMILES string of the molecule is CN(Sc1ccc2c(c1)OCO2)C(=O)[O-]. The topological polar surface area (TPSA) is 61.8 Å². The molecule has 1 aromatic carbocycles. The Morgan fingerprint density at radius 1 is 1.47 bits per heavy atom. The monoisotopic (exact) mass is 226 g/mol. The van der Waals surface area contributed by atoms with Crippen LogP contribution in [0.2, 0.25) is 0 Å². The number of nitrogens with zero attached hydrogens (tertiary/aromatic N) is 1. The predicted octanol–water partition coefficient (Wildman–Crippen LogP) is 0.698. The van der Waals surface area contributed by atoms with Crippen LogP contribution in [0.5, 0.6) is 11.5 Å². The molecular formula is C9H8NO4S-. The van der Waals surface area contributed by atoms with Crippen LogP contribution in [0.25, 0.3) is 0 Å². The maximum Gasteiger partial charge on any atom is 0.231 e. The minimum atomic E-state index is -1.24. The molecule has 0 saturated carbocycles. The van der Waals surface area contributed by atoms with Gasteiger partial charge in [-0.2, -0.15) is 0 Å². The Bertz CT molecular complexity index is 396. The molecule has 2 rings (SSSR count). The number of fused-ring (bicyclic) bond motifs is 1. The number of carbonyl (C=O) groups excluding carboxylic acids is 1. The van der Waals surface area contributed by atoms with Crippen LogP contribution >= 0.6 is 11.9 Å². The fourth-order valence-corrected chi connectivity index (χ4v) is 1.81. The molecule has 0 unspecified atom stereocenters. The lowest BCUT2D eigenvalue weighted by Gasteiger charge is -2.17. The molecule has 0 N–H and O–H groups in total. The van der Waals surface area contributed by atoms with Gasteiger partial charge < -0.3 is 23.7 Å². The van der Waals surface area contributed by atoms with Gasteiger partial charge in [0.1, 0.15) is 6.09 Å². The van der Waals surface area contributed by atoms with E-state index in [4.69, 9.17) is 9.47 Å². The number of benzene rings is 1. The third-order valence-corrected chi connectivity index (χ3v) is 2.73. The largest absolute Gasteiger partial charge is 0.529 e. The molecule has 0 spiro atoms. The van der Waals surface area contributed by atoms with Crippen LogP contribution in [0.4, 0.5) is 4.79 Å². The molecule has 1 amide bonds. The Hall–Kier alpha value is -1.56. The van der Waals surface area contributed by atoms with Crippen LogP contribution in [-0.2, 0) is 0 Å². The average molecular weight is 226 g/mol. The average Bonchev–Trinajstić information content (AvgIpc) is 2.64. The molecule has 1 aliphatic heterocycles. The van der Waals surface area contributed by atoms with Gasteiger partial charge in [-0.15, -0.1) is 0 Å². The van der Waals surface area contributed by atoms with Crippen LogP contribution in [0.1, 0.15) is 0 Å². The zero-order valence-electron chi connectivity index (χ0n) is 7.93. The van der Waals surface area contributed by atoms with Crippen molar-refractivity contribution in [3.8, 4) is 11.5 Å². The van der Waals surface area contributed by atoms with E-state index in [-0.39, 0.29) is 6.79 Å². The van der Waals surface area contributed by atoms with Gasteiger partial charge >= 0.3 is 0 Å². The standard InChI is InChI=1S/C9H9NO4S/c1-10(9(11)12)15-6-2-3-7-8(4-6)14-5-13-7/h2-4H,5H2,1H3,(H,11,12)/p-1. The van der Waals surface area contributed by atoms with Crippen molar-refractivity contribution >= 4 is 18.0 Å². The van der Waals surface area contributed by atoms with Crippen molar-refractivity contribution in [1.82, 2.24) is 4.31 Å². The summed E-state index contributed by atoms with van der Waals surface area (Å²) >= 11 is 1.05. The second-order valence-electron chi connectivity index (χ2n) is 2.87. The maximum atomic E-state index is 10.5. The summed E-state index contributed by atoms with van der Waals surface area (Å²) in [6.45, 7) is 0.208. The van der Waals surface area contributed by atoms with Gasteiger partial charge in [-0.1, -0.05) is 0 Å². The summed E-state index contributed by atoms with van der Waals surface area (Å²) in [6.07, 6.45) is -1.24. The van der Waals surface area contributed by atoms with Gasteiger partial charge in [0.25, 0.3) is 0 Å². The Labute approximate surface area is 90.7 Å². The van der Waals surface area contributed by atoms with Crippen molar-refractivity contribution in [2.75, 3.05) is 13.8 Å². The minimum absolute atomic E-state index is 0.208. The van der Waals surface area contributed by atoms with E-state index in [9.17, 15) is 9.90 Å². The second-order valence-corrected chi connectivity index (χ2v) is 4.07. The Kier molecular flexibility index (Phi) is 2.59. The van der Waals surface area contributed by atoms with E-state index in [0.29, 0.717) is 11.5 Å². The number of hydrogen-bond donors (Lipinski definition) is 0.